The van der Waals surface area contributed by atoms with E-state index >= 15 is 0 Å². The lowest BCUT2D eigenvalue weighted by molar-refractivity contribution is 0.667. The van der Waals surface area contributed by atoms with E-state index in [4.69, 9.17) is 0 Å². The van der Waals surface area contributed by atoms with Gasteiger partial charge in [-0.1, -0.05) is 101 Å². The molecule has 4 aromatic carbocycles. The van der Waals surface area contributed by atoms with Gasteiger partial charge in [0.2, 0.25) is 0 Å². The van der Waals surface area contributed by atoms with Crippen molar-refractivity contribution < 1.29 is 0 Å². The molecule has 4 aromatic rings. The Hall–Kier alpha value is -2.16. The summed E-state index contributed by atoms with van der Waals surface area (Å²) in [6.45, 7) is 4.55. The molecule has 2 heteroatoms. The molecule has 0 bridgehead atoms. The van der Waals surface area contributed by atoms with Crippen molar-refractivity contribution in [2.24, 2.45) is 0 Å². The van der Waals surface area contributed by atoms with Crippen molar-refractivity contribution in [3.63, 3.8) is 0 Å². The Morgan fingerprint density at radius 3 is 1.34 bits per heavy atom. The SMILES string of the molecule is CCCCCCc1ccc2cc(/C=C/c3cc4ccc(CCCCCC)cc4cc3SC)c(SC)cc2c1. The van der Waals surface area contributed by atoms with Crippen LogP contribution in [0.2, 0.25) is 0 Å². The lowest BCUT2D eigenvalue weighted by Crippen LogP contribution is -1.89. The first-order valence-electron chi connectivity index (χ1n) is 14.5. The Morgan fingerprint density at radius 1 is 0.500 bits per heavy atom. The molecule has 0 aliphatic rings. The van der Waals surface area contributed by atoms with E-state index in [0.29, 0.717) is 0 Å². The van der Waals surface area contributed by atoms with Crippen LogP contribution >= 0.6 is 23.5 Å². The molecule has 200 valence electrons. The van der Waals surface area contributed by atoms with Gasteiger partial charge in [-0.05, 0) is 106 Å². The third-order valence-electron chi connectivity index (χ3n) is 7.59. The molecule has 0 fully saturated rings. The van der Waals surface area contributed by atoms with Crippen molar-refractivity contribution in [2.45, 2.75) is 87.8 Å². The van der Waals surface area contributed by atoms with Gasteiger partial charge in [-0.25, -0.2) is 0 Å². The quantitative estimate of drug-likeness (QED) is 0.0886. The molecule has 0 amide bonds. The first kappa shape index (κ1) is 28.8. The van der Waals surface area contributed by atoms with Crippen LogP contribution in [0.1, 0.15) is 87.5 Å². The lowest BCUT2D eigenvalue weighted by Gasteiger charge is -2.10. The summed E-state index contributed by atoms with van der Waals surface area (Å²) in [5.74, 6) is 0. The average molecular weight is 541 g/mol. The minimum absolute atomic E-state index is 1.19. The minimum Gasteiger partial charge on any atom is -0.129 e. The largest absolute Gasteiger partial charge is 0.129 e. The molecule has 0 heterocycles. The summed E-state index contributed by atoms with van der Waals surface area (Å²) in [6, 6.07) is 23.6. The molecule has 0 saturated carbocycles. The van der Waals surface area contributed by atoms with Gasteiger partial charge in [0, 0.05) is 9.79 Å². The fourth-order valence-corrected chi connectivity index (χ4v) is 6.52. The van der Waals surface area contributed by atoms with Crippen LogP contribution < -0.4 is 0 Å². The standard InChI is InChI=1S/C36H44S2/c1-5-7-9-11-13-27-15-17-29-23-31(35(37-3)25-33(29)21-27)19-20-32-24-30-18-16-28(14-12-10-8-6-2)22-34(30)26-36(32)38-4/h15-26H,5-14H2,1-4H3/b20-19+. The normalized spacial score (nSPS) is 11.8. The maximum atomic E-state index is 2.40. The second kappa shape index (κ2) is 14.8. The first-order valence-corrected chi connectivity index (χ1v) is 17.0. The molecular formula is C36H44S2. The number of aryl methyl sites for hydroxylation is 2. The zero-order valence-corrected chi connectivity index (χ0v) is 25.4. The van der Waals surface area contributed by atoms with E-state index in [1.165, 1.54) is 118 Å². The number of benzene rings is 4. The third-order valence-corrected chi connectivity index (χ3v) is 9.17. The molecule has 4 rings (SSSR count). The topological polar surface area (TPSA) is 0 Å². The summed E-state index contributed by atoms with van der Waals surface area (Å²) in [5, 5.41) is 5.38. The van der Waals surface area contributed by atoms with Gasteiger partial charge in [0.05, 0.1) is 0 Å². The number of hydrogen-bond donors (Lipinski definition) is 0. The third kappa shape index (κ3) is 7.70. The molecule has 0 N–H and O–H groups in total. The average Bonchev–Trinajstić information content (AvgIpc) is 2.95. The predicted octanol–water partition coefficient (Wildman–Crippen LogP) is 11.9. The maximum Gasteiger partial charge on any atom is 0.0148 e. The number of thioether (sulfide) groups is 2. The van der Waals surface area contributed by atoms with Gasteiger partial charge in [0.25, 0.3) is 0 Å². The summed E-state index contributed by atoms with van der Waals surface area (Å²) in [6.07, 6.45) is 21.9. The molecule has 0 aromatic heterocycles. The van der Waals surface area contributed by atoms with Crippen molar-refractivity contribution in [1.82, 2.24) is 0 Å². The van der Waals surface area contributed by atoms with Crippen LogP contribution in [-0.2, 0) is 12.8 Å². The molecule has 0 spiro atoms. The molecule has 38 heavy (non-hydrogen) atoms. The number of hydrogen-bond acceptors (Lipinski definition) is 2. The summed E-state index contributed by atoms with van der Waals surface area (Å²) in [4.78, 5) is 2.69. The van der Waals surface area contributed by atoms with Crippen molar-refractivity contribution in [2.75, 3.05) is 12.5 Å². The Morgan fingerprint density at radius 2 is 0.947 bits per heavy atom. The van der Waals surface area contributed by atoms with Gasteiger partial charge in [-0.2, -0.15) is 0 Å². The van der Waals surface area contributed by atoms with Gasteiger partial charge in [0.15, 0.2) is 0 Å². The van der Waals surface area contributed by atoms with Crippen molar-refractivity contribution in [1.29, 1.82) is 0 Å². The van der Waals surface area contributed by atoms with Crippen LogP contribution in [-0.4, -0.2) is 12.5 Å². The van der Waals surface area contributed by atoms with Crippen LogP contribution in [0.5, 0.6) is 0 Å². The van der Waals surface area contributed by atoms with E-state index in [9.17, 15) is 0 Å². The molecule has 0 nitrogen and oxygen atoms in total. The lowest BCUT2D eigenvalue weighted by atomic mass is 9.99. The fourth-order valence-electron chi connectivity index (χ4n) is 5.30. The Labute approximate surface area is 239 Å². The van der Waals surface area contributed by atoms with Gasteiger partial charge in [-0.3, -0.25) is 0 Å². The van der Waals surface area contributed by atoms with Crippen molar-refractivity contribution >= 4 is 57.2 Å². The van der Waals surface area contributed by atoms with E-state index in [1.807, 2.05) is 23.5 Å². The smallest absolute Gasteiger partial charge is 0.0148 e. The van der Waals surface area contributed by atoms with Crippen LogP contribution in [0.4, 0.5) is 0 Å². The van der Waals surface area contributed by atoms with Gasteiger partial charge in [0.1, 0.15) is 0 Å². The highest BCUT2D eigenvalue weighted by atomic mass is 32.2. The highest BCUT2D eigenvalue weighted by Crippen LogP contribution is 2.32. The highest BCUT2D eigenvalue weighted by Gasteiger charge is 2.07. The van der Waals surface area contributed by atoms with Gasteiger partial charge < -0.3 is 0 Å². The Bertz CT molecular complexity index is 1260. The van der Waals surface area contributed by atoms with Crippen LogP contribution in [0.3, 0.4) is 0 Å². The Balaban J connectivity index is 1.56. The van der Waals surface area contributed by atoms with E-state index in [0.717, 1.165) is 0 Å². The summed E-state index contributed by atoms with van der Waals surface area (Å²) in [7, 11) is 0. The monoisotopic (exact) mass is 540 g/mol. The molecule has 0 atom stereocenters. The van der Waals surface area contributed by atoms with Gasteiger partial charge >= 0.3 is 0 Å². The molecule has 0 radical (unpaired) electrons. The molecular weight excluding hydrogens is 497 g/mol. The zero-order valence-electron chi connectivity index (χ0n) is 23.8. The second-order valence-corrected chi connectivity index (χ2v) is 12.2. The van der Waals surface area contributed by atoms with Crippen LogP contribution in [0.15, 0.2) is 70.5 Å². The van der Waals surface area contributed by atoms with Crippen LogP contribution in [0, 0.1) is 0 Å². The summed E-state index contributed by atoms with van der Waals surface area (Å²) < 4.78 is 0. The Kier molecular flexibility index (Phi) is 11.3. The predicted molar refractivity (Wildman–Crippen MR) is 176 cm³/mol. The minimum atomic E-state index is 1.19. The molecule has 0 saturated heterocycles. The maximum absolute atomic E-state index is 2.40. The van der Waals surface area contributed by atoms with E-state index in [2.05, 4.69) is 99.2 Å². The van der Waals surface area contributed by atoms with E-state index < -0.39 is 0 Å². The number of fused-ring (bicyclic) bond motifs is 2. The molecule has 0 aliphatic heterocycles. The zero-order chi connectivity index (χ0) is 26.7. The van der Waals surface area contributed by atoms with Gasteiger partial charge in [-0.15, -0.1) is 23.5 Å². The summed E-state index contributed by atoms with van der Waals surface area (Å²) >= 11 is 3.69. The van der Waals surface area contributed by atoms with E-state index in [1.54, 1.807) is 0 Å². The first-order chi connectivity index (χ1) is 18.6. The highest BCUT2D eigenvalue weighted by molar-refractivity contribution is 7.99. The molecule has 0 aliphatic carbocycles. The number of rotatable bonds is 14. The summed E-state index contributed by atoms with van der Waals surface area (Å²) in [5.41, 5.74) is 5.54. The van der Waals surface area contributed by atoms with Crippen molar-refractivity contribution in [3.8, 4) is 0 Å². The number of unbranched alkanes of at least 4 members (excludes halogenated alkanes) is 6. The van der Waals surface area contributed by atoms with E-state index in [-0.39, 0.29) is 0 Å². The fraction of sp³-hybridized carbons (Fsp3) is 0.389. The molecule has 0 unspecified atom stereocenters. The second-order valence-electron chi connectivity index (χ2n) is 10.5. The van der Waals surface area contributed by atoms with Crippen molar-refractivity contribution in [3.05, 3.63) is 82.9 Å². The van der Waals surface area contributed by atoms with Crippen LogP contribution in [0.25, 0.3) is 33.7 Å².